The zero-order chi connectivity index (χ0) is 11.5. The summed E-state index contributed by atoms with van der Waals surface area (Å²) >= 11 is 0. The van der Waals surface area contributed by atoms with E-state index in [1.807, 2.05) is 0 Å². The lowest BCUT2D eigenvalue weighted by Crippen LogP contribution is -2.11. The maximum absolute atomic E-state index is 11.9. The van der Waals surface area contributed by atoms with E-state index in [1.54, 1.807) is 18.5 Å². The third-order valence-corrected chi connectivity index (χ3v) is 3.53. The van der Waals surface area contributed by atoms with Gasteiger partial charge in [0.25, 0.3) is 0 Å². The maximum atomic E-state index is 11.9. The minimum absolute atomic E-state index is 0.206. The van der Waals surface area contributed by atoms with Gasteiger partial charge >= 0.3 is 0 Å². The van der Waals surface area contributed by atoms with Crippen LogP contribution in [0, 0.1) is 5.41 Å². The molecule has 0 amide bonds. The summed E-state index contributed by atoms with van der Waals surface area (Å²) in [5, 5.41) is 0. The first-order valence-electron chi connectivity index (χ1n) is 4.98. The Balaban J connectivity index is 2.66. The van der Waals surface area contributed by atoms with Crippen molar-refractivity contribution < 1.29 is 4.21 Å². The van der Waals surface area contributed by atoms with Crippen molar-refractivity contribution in [2.75, 3.05) is 11.5 Å². The quantitative estimate of drug-likeness (QED) is 0.859. The molecule has 1 heterocycles. The van der Waals surface area contributed by atoms with Gasteiger partial charge in [-0.25, -0.2) is 0 Å². The third-order valence-electron chi connectivity index (χ3n) is 2.09. The molecule has 1 aromatic rings. The van der Waals surface area contributed by atoms with Gasteiger partial charge in [-0.05, 0) is 17.9 Å². The Kier molecular flexibility index (Phi) is 3.85. The normalized spacial score (nSPS) is 13.8. The largest absolute Gasteiger partial charge is 0.396 e. The maximum Gasteiger partial charge on any atom is 0.0664 e. The molecule has 84 valence electrons. The van der Waals surface area contributed by atoms with E-state index in [0.29, 0.717) is 16.3 Å². The summed E-state index contributed by atoms with van der Waals surface area (Å²) in [5.41, 5.74) is 6.43. The standard InChI is InChI=1S/C11H18N2OS/c1-11(2,3)5-7-15(14)10-4-6-13-8-9(10)12/h4,6,8H,5,7,12H2,1-3H3. The topological polar surface area (TPSA) is 56.0 Å². The van der Waals surface area contributed by atoms with Crippen molar-refractivity contribution in [1.29, 1.82) is 0 Å². The average molecular weight is 226 g/mol. The number of pyridine rings is 1. The predicted molar refractivity (Wildman–Crippen MR) is 64.0 cm³/mol. The predicted octanol–water partition coefficient (Wildman–Crippen LogP) is 2.21. The first-order chi connectivity index (χ1) is 6.90. The number of anilines is 1. The van der Waals surface area contributed by atoms with E-state index >= 15 is 0 Å². The molecule has 15 heavy (non-hydrogen) atoms. The van der Waals surface area contributed by atoms with Crippen molar-refractivity contribution in [3.63, 3.8) is 0 Å². The summed E-state index contributed by atoms with van der Waals surface area (Å²) in [6, 6.07) is 1.73. The summed E-state index contributed by atoms with van der Waals surface area (Å²) < 4.78 is 11.9. The molecule has 0 fully saturated rings. The molecule has 3 nitrogen and oxygen atoms in total. The molecule has 0 saturated carbocycles. The fourth-order valence-electron chi connectivity index (χ4n) is 1.11. The van der Waals surface area contributed by atoms with Gasteiger partial charge in [-0.2, -0.15) is 0 Å². The van der Waals surface area contributed by atoms with Gasteiger partial charge in [0, 0.05) is 11.9 Å². The van der Waals surface area contributed by atoms with Crippen LogP contribution in [0.4, 0.5) is 5.69 Å². The van der Waals surface area contributed by atoms with Crippen LogP contribution >= 0.6 is 0 Å². The first kappa shape index (κ1) is 12.2. The molecule has 1 rings (SSSR count). The second-order valence-electron chi connectivity index (χ2n) is 4.77. The van der Waals surface area contributed by atoms with Gasteiger partial charge in [0.05, 0.1) is 27.6 Å². The van der Waals surface area contributed by atoms with Crippen LogP contribution in [0.1, 0.15) is 27.2 Å². The number of nitrogens with two attached hydrogens (primary N) is 1. The van der Waals surface area contributed by atoms with Crippen LogP contribution in [0.2, 0.25) is 0 Å². The molecule has 0 radical (unpaired) electrons. The molecule has 1 aromatic heterocycles. The van der Waals surface area contributed by atoms with Crippen LogP contribution in [-0.2, 0) is 10.8 Å². The molecule has 2 N–H and O–H groups in total. The minimum Gasteiger partial charge on any atom is -0.396 e. The number of nitrogens with zero attached hydrogens (tertiary/aromatic N) is 1. The Labute approximate surface area is 93.6 Å². The molecule has 0 saturated heterocycles. The molecule has 0 aliphatic carbocycles. The van der Waals surface area contributed by atoms with Crippen LogP contribution < -0.4 is 5.73 Å². The number of nitrogen functional groups attached to an aromatic ring is 1. The first-order valence-corrected chi connectivity index (χ1v) is 6.30. The van der Waals surface area contributed by atoms with Crippen LogP contribution in [0.3, 0.4) is 0 Å². The Hall–Kier alpha value is -0.900. The highest BCUT2D eigenvalue weighted by Gasteiger charge is 2.14. The summed E-state index contributed by atoms with van der Waals surface area (Å²) in [4.78, 5) is 4.58. The Bertz CT molecular complexity index is 358. The van der Waals surface area contributed by atoms with E-state index in [1.165, 1.54) is 0 Å². The molecular weight excluding hydrogens is 208 g/mol. The summed E-state index contributed by atoms with van der Waals surface area (Å²) in [6.45, 7) is 6.42. The van der Waals surface area contributed by atoms with Crippen molar-refractivity contribution in [1.82, 2.24) is 4.98 Å². The van der Waals surface area contributed by atoms with Gasteiger partial charge in [-0.3, -0.25) is 9.19 Å². The smallest absolute Gasteiger partial charge is 0.0664 e. The Morgan fingerprint density at radius 1 is 1.47 bits per heavy atom. The van der Waals surface area contributed by atoms with Crippen LogP contribution in [0.5, 0.6) is 0 Å². The highest BCUT2D eigenvalue weighted by molar-refractivity contribution is 7.85. The molecule has 0 bridgehead atoms. The number of hydrogen-bond acceptors (Lipinski definition) is 3. The SMILES string of the molecule is CC(C)(C)CCS(=O)c1ccncc1N. The number of rotatable bonds is 3. The molecule has 1 atom stereocenters. The fraction of sp³-hybridized carbons (Fsp3) is 0.545. The van der Waals surface area contributed by atoms with Crippen molar-refractivity contribution in [2.24, 2.45) is 5.41 Å². The van der Waals surface area contributed by atoms with Gasteiger partial charge in [-0.1, -0.05) is 20.8 Å². The van der Waals surface area contributed by atoms with Crippen molar-refractivity contribution >= 4 is 16.5 Å². The number of hydrogen-bond donors (Lipinski definition) is 1. The second-order valence-corrected chi connectivity index (χ2v) is 6.31. The van der Waals surface area contributed by atoms with E-state index in [0.717, 1.165) is 6.42 Å². The monoisotopic (exact) mass is 226 g/mol. The minimum atomic E-state index is -1.01. The van der Waals surface area contributed by atoms with E-state index in [4.69, 9.17) is 5.73 Å². The molecular formula is C11H18N2OS. The Morgan fingerprint density at radius 2 is 2.13 bits per heavy atom. The van der Waals surface area contributed by atoms with Gasteiger partial charge in [0.1, 0.15) is 0 Å². The lowest BCUT2D eigenvalue weighted by molar-refractivity contribution is 0.400. The van der Waals surface area contributed by atoms with Gasteiger partial charge in [-0.15, -0.1) is 0 Å². The fourth-order valence-corrected chi connectivity index (χ4v) is 2.66. The van der Waals surface area contributed by atoms with E-state index < -0.39 is 10.8 Å². The van der Waals surface area contributed by atoms with Crippen LogP contribution in [-0.4, -0.2) is 14.9 Å². The summed E-state index contributed by atoms with van der Waals surface area (Å²) in [6.07, 6.45) is 4.09. The molecule has 0 spiro atoms. The lowest BCUT2D eigenvalue weighted by atomic mass is 9.94. The van der Waals surface area contributed by atoms with Crippen molar-refractivity contribution in [2.45, 2.75) is 32.1 Å². The van der Waals surface area contributed by atoms with Crippen LogP contribution in [0.15, 0.2) is 23.4 Å². The molecule has 0 aromatic carbocycles. The summed E-state index contributed by atoms with van der Waals surface area (Å²) in [7, 11) is -1.01. The van der Waals surface area contributed by atoms with Crippen molar-refractivity contribution in [3.05, 3.63) is 18.5 Å². The zero-order valence-corrected chi connectivity index (χ0v) is 10.3. The molecule has 4 heteroatoms. The Morgan fingerprint density at radius 3 is 2.67 bits per heavy atom. The molecule has 0 aliphatic heterocycles. The average Bonchev–Trinajstić information content (AvgIpc) is 2.14. The van der Waals surface area contributed by atoms with Gasteiger partial charge in [0.15, 0.2) is 0 Å². The van der Waals surface area contributed by atoms with Gasteiger partial charge in [0.2, 0.25) is 0 Å². The van der Waals surface area contributed by atoms with E-state index in [-0.39, 0.29) is 5.41 Å². The van der Waals surface area contributed by atoms with E-state index in [2.05, 4.69) is 25.8 Å². The van der Waals surface area contributed by atoms with Gasteiger partial charge < -0.3 is 5.73 Å². The molecule has 1 unspecified atom stereocenters. The zero-order valence-electron chi connectivity index (χ0n) is 9.49. The third kappa shape index (κ3) is 4.00. The van der Waals surface area contributed by atoms with E-state index in [9.17, 15) is 4.21 Å². The van der Waals surface area contributed by atoms with Crippen LogP contribution in [0.25, 0.3) is 0 Å². The highest BCUT2D eigenvalue weighted by Crippen LogP contribution is 2.22. The number of aromatic nitrogens is 1. The highest BCUT2D eigenvalue weighted by atomic mass is 32.2. The molecule has 0 aliphatic rings. The lowest BCUT2D eigenvalue weighted by Gasteiger charge is -2.17. The second kappa shape index (κ2) is 4.75. The van der Waals surface area contributed by atoms with Crippen molar-refractivity contribution in [3.8, 4) is 0 Å². The summed E-state index contributed by atoms with van der Waals surface area (Å²) in [5.74, 6) is 0.651.